The maximum Gasteiger partial charge on any atom is 0.198 e. The summed E-state index contributed by atoms with van der Waals surface area (Å²) in [4.78, 5) is 12.7. The Balaban J connectivity index is 1.98. The van der Waals surface area contributed by atoms with Crippen molar-refractivity contribution in [3.63, 3.8) is 0 Å². The molecule has 0 bridgehead atoms. The third kappa shape index (κ3) is 3.19. The molecule has 0 spiro atoms. The van der Waals surface area contributed by atoms with Gasteiger partial charge in [0.25, 0.3) is 0 Å². The van der Waals surface area contributed by atoms with Crippen LogP contribution < -0.4 is 5.73 Å². The molecule has 1 aromatic heterocycles. The second kappa shape index (κ2) is 7.03. The molecule has 134 valence electrons. The van der Waals surface area contributed by atoms with E-state index in [1.165, 1.54) is 24.4 Å². The first-order valence-corrected chi connectivity index (χ1v) is 7.65. The first-order valence-electron chi connectivity index (χ1n) is 7.65. The van der Waals surface area contributed by atoms with Crippen molar-refractivity contribution in [3.8, 4) is 5.69 Å². The molecule has 0 fully saturated rings. The number of carbonyl (C=O) groups excluding carboxylic acids is 1. The van der Waals surface area contributed by atoms with Gasteiger partial charge >= 0.3 is 0 Å². The molecule has 0 amide bonds. The summed E-state index contributed by atoms with van der Waals surface area (Å²) in [5, 5.41) is 22.6. The second-order valence-electron chi connectivity index (χ2n) is 5.60. The van der Waals surface area contributed by atoms with Crippen LogP contribution in [0.4, 0.5) is 14.6 Å². The Morgan fingerprint density at radius 2 is 2.00 bits per heavy atom. The lowest BCUT2D eigenvalue weighted by Crippen LogP contribution is -2.09. The van der Waals surface area contributed by atoms with E-state index in [-0.39, 0.29) is 22.6 Å². The Hall–Kier alpha value is -3.10. The molecule has 2 aromatic carbocycles. The highest BCUT2D eigenvalue weighted by atomic mass is 19.1. The minimum absolute atomic E-state index is 0.0318. The fourth-order valence-electron chi connectivity index (χ4n) is 2.53. The second-order valence-corrected chi connectivity index (χ2v) is 5.60. The van der Waals surface area contributed by atoms with E-state index in [4.69, 9.17) is 10.8 Å². The molecule has 26 heavy (non-hydrogen) atoms. The van der Waals surface area contributed by atoms with Crippen molar-refractivity contribution in [2.24, 2.45) is 0 Å². The number of benzene rings is 2. The van der Waals surface area contributed by atoms with Gasteiger partial charge in [-0.3, -0.25) is 4.79 Å². The van der Waals surface area contributed by atoms with Crippen molar-refractivity contribution in [3.05, 3.63) is 77.0 Å². The number of hydrogen-bond donors (Lipinski definition) is 3. The summed E-state index contributed by atoms with van der Waals surface area (Å²) in [7, 11) is 0. The lowest BCUT2D eigenvalue weighted by atomic mass is 10.0. The van der Waals surface area contributed by atoms with Gasteiger partial charge in [0.15, 0.2) is 11.6 Å². The molecule has 0 radical (unpaired) electrons. The van der Waals surface area contributed by atoms with Gasteiger partial charge < -0.3 is 15.9 Å². The molecule has 0 aliphatic heterocycles. The number of nitrogen functional groups attached to an aromatic ring is 1. The standard InChI is InChI=1S/C18H15F2N3O3/c19-12-4-5-15(14(20)7-12)23-18(21)13(8-22-23)17(26)11-3-1-2-10(6-11)16(25)9-24/h1-8,16,24-25H,9,21H2. The molecule has 1 heterocycles. The molecule has 3 aromatic rings. The molecule has 1 unspecified atom stereocenters. The van der Waals surface area contributed by atoms with Gasteiger partial charge in [0.2, 0.25) is 0 Å². The van der Waals surface area contributed by atoms with Crippen LogP contribution in [-0.4, -0.2) is 32.4 Å². The molecule has 4 N–H and O–H groups in total. The van der Waals surface area contributed by atoms with Crippen LogP contribution in [0.2, 0.25) is 0 Å². The minimum atomic E-state index is -1.11. The van der Waals surface area contributed by atoms with E-state index in [9.17, 15) is 18.7 Å². The number of rotatable bonds is 5. The summed E-state index contributed by atoms with van der Waals surface area (Å²) >= 11 is 0. The monoisotopic (exact) mass is 359 g/mol. The minimum Gasteiger partial charge on any atom is -0.393 e. The molecule has 0 saturated carbocycles. The highest BCUT2D eigenvalue weighted by Crippen LogP contribution is 2.23. The predicted molar refractivity (Wildman–Crippen MR) is 89.8 cm³/mol. The normalized spacial score (nSPS) is 12.2. The molecule has 6 nitrogen and oxygen atoms in total. The van der Waals surface area contributed by atoms with Crippen molar-refractivity contribution in [2.45, 2.75) is 6.10 Å². The van der Waals surface area contributed by atoms with Gasteiger partial charge in [-0.05, 0) is 23.8 Å². The molecule has 8 heteroatoms. The molecule has 0 aliphatic rings. The zero-order chi connectivity index (χ0) is 18.8. The third-order valence-corrected chi connectivity index (χ3v) is 3.90. The largest absolute Gasteiger partial charge is 0.393 e. The molecule has 0 aliphatic carbocycles. The van der Waals surface area contributed by atoms with Gasteiger partial charge in [-0.1, -0.05) is 18.2 Å². The summed E-state index contributed by atoms with van der Waals surface area (Å²) in [6.45, 7) is -0.485. The average molecular weight is 359 g/mol. The number of halogens is 2. The number of nitrogens with two attached hydrogens (primary N) is 1. The molecular formula is C18H15F2N3O3. The highest BCUT2D eigenvalue weighted by molar-refractivity contribution is 6.11. The first kappa shape index (κ1) is 17.7. The third-order valence-electron chi connectivity index (χ3n) is 3.90. The maximum absolute atomic E-state index is 13.9. The fourth-order valence-corrected chi connectivity index (χ4v) is 2.53. The van der Waals surface area contributed by atoms with Crippen LogP contribution in [0.3, 0.4) is 0 Å². The molecule has 3 rings (SSSR count). The maximum atomic E-state index is 13.9. The highest BCUT2D eigenvalue weighted by Gasteiger charge is 2.20. The lowest BCUT2D eigenvalue weighted by molar-refractivity contribution is 0.0952. The summed E-state index contributed by atoms with van der Waals surface area (Å²) in [6.07, 6.45) is 0.0754. The van der Waals surface area contributed by atoms with Crippen LogP contribution in [0.25, 0.3) is 5.69 Å². The average Bonchev–Trinajstić information content (AvgIpc) is 3.02. The number of aromatic nitrogens is 2. The molecule has 1 atom stereocenters. The smallest absolute Gasteiger partial charge is 0.198 e. The Morgan fingerprint density at radius 1 is 1.23 bits per heavy atom. The van der Waals surface area contributed by atoms with Crippen molar-refractivity contribution in [1.29, 1.82) is 0 Å². The number of nitrogens with zero attached hydrogens (tertiary/aromatic N) is 2. The van der Waals surface area contributed by atoms with Crippen LogP contribution in [0.5, 0.6) is 0 Å². The van der Waals surface area contributed by atoms with Crippen LogP contribution in [0, 0.1) is 11.6 Å². The van der Waals surface area contributed by atoms with Crippen LogP contribution in [0.15, 0.2) is 48.7 Å². The van der Waals surface area contributed by atoms with Crippen molar-refractivity contribution >= 4 is 11.6 Å². The number of ketones is 1. The molecular weight excluding hydrogens is 344 g/mol. The van der Waals surface area contributed by atoms with Crippen molar-refractivity contribution in [2.75, 3.05) is 12.3 Å². The van der Waals surface area contributed by atoms with Crippen molar-refractivity contribution < 1.29 is 23.8 Å². The number of hydrogen-bond acceptors (Lipinski definition) is 5. The zero-order valence-corrected chi connectivity index (χ0v) is 13.4. The van der Waals surface area contributed by atoms with E-state index in [2.05, 4.69) is 5.10 Å². The van der Waals surface area contributed by atoms with E-state index in [1.54, 1.807) is 12.1 Å². The summed E-state index contributed by atoms with van der Waals surface area (Å²) in [5.41, 5.74) is 6.47. The Morgan fingerprint density at radius 3 is 2.69 bits per heavy atom. The van der Waals surface area contributed by atoms with Gasteiger partial charge in [-0.25, -0.2) is 13.5 Å². The Kier molecular flexibility index (Phi) is 4.79. The van der Waals surface area contributed by atoms with E-state index in [0.29, 0.717) is 11.6 Å². The number of aliphatic hydroxyl groups is 2. The van der Waals surface area contributed by atoms with Gasteiger partial charge in [-0.15, -0.1) is 0 Å². The summed E-state index contributed by atoms with van der Waals surface area (Å²) in [5.74, 6) is -2.20. The number of aliphatic hydroxyl groups excluding tert-OH is 2. The van der Waals surface area contributed by atoms with Crippen molar-refractivity contribution in [1.82, 2.24) is 9.78 Å². The van der Waals surface area contributed by atoms with Crippen LogP contribution in [-0.2, 0) is 0 Å². The topological polar surface area (TPSA) is 101 Å². The van der Waals surface area contributed by atoms with E-state index < -0.39 is 30.1 Å². The van der Waals surface area contributed by atoms with Crippen LogP contribution >= 0.6 is 0 Å². The van der Waals surface area contributed by atoms with Gasteiger partial charge in [0.1, 0.15) is 23.4 Å². The van der Waals surface area contributed by atoms with Gasteiger partial charge in [0.05, 0.1) is 18.4 Å². The Bertz CT molecular complexity index is 972. The lowest BCUT2D eigenvalue weighted by Gasteiger charge is -2.09. The number of carbonyl (C=O) groups is 1. The first-order chi connectivity index (χ1) is 12.4. The Labute approximate surface area is 147 Å². The van der Waals surface area contributed by atoms with Crippen LogP contribution in [0.1, 0.15) is 27.6 Å². The fraction of sp³-hybridized carbons (Fsp3) is 0.111. The zero-order valence-electron chi connectivity index (χ0n) is 13.4. The quantitative estimate of drug-likeness (QED) is 0.605. The molecule has 0 saturated heterocycles. The van der Waals surface area contributed by atoms with Gasteiger partial charge in [0, 0.05) is 11.6 Å². The summed E-state index contributed by atoms with van der Waals surface area (Å²) in [6, 6.07) is 8.99. The van der Waals surface area contributed by atoms with E-state index >= 15 is 0 Å². The van der Waals surface area contributed by atoms with E-state index in [0.717, 1.165) is 10.7 Å². The number of anilines is 1. The summed E-state index contributed by atoms with van der Waals surface area (Å²) < 4.78 is 28.0. The SMILES string of the molecule is Nc1c(C(=O)c2cccc(C(O)CO)c2)cnn1-c1ccc(F)cc1F. The predicted octanol–water partition coefficient (Wildman–Crippen LogP) is 1.99. The van der Waals surface area contributed by atoms with E-state index in [1.807, 2.05) is 0 Å². The van der Waals surface area contributed by atoms with Gasteiger partial charge in [-0.2, -0.15) is 5.10 Å².